The molecule has 0 spiro atoms. The van der Waals surface area contributed by atoms with Gasteiger partial charge in [0.15, 0.2) is 0 Å². The van der Waals surface area contributed by atoms with Gasteiger partial charge in [0, 0.05) is 35.9 Å². The predicted octanol–water partition coefficient (Wildman–Crippen LogP) is 4.50. The van der Waals surface area contributed by atoms with Crippen molar-refractivity contribution in [3.05, 3.63) is 30.1 Å². The van der Waals surface area contributed by atoms with E-state index < -0.39 is 0 Å². The molecule has 2 saturated carbocycles. The Hall–Kier alpha value is -2.30. The topological polar surface area (TPSA) is 47.4 Å². The number of ether oxygens (including phenoxy) is 1. The van der Waals surface area contributed by atoms with Crippen LogP contribution in [0, 0.1) is 0 Å². The number of anilines is 1. The number of hydrogen-bond donors (Lipinski definition) is 0. The van der Waals surface area contributed by atoms with Gasteiger partial charge in [0.1, 0.15) is 5.75 Å². The zero-order valence-electron chi connectivity index (χ0n) is 16.1. The van der Waals surface area contributed by atoms with Crippen molar-refractivity contribution in [2.75, 3.05) is 4.90 Å². The van der Waals surface area contributed by atoms with Gasteiger partial charge in [-0.1, -0.05) is 0 Å². The van der Waals surface area contributed by atoms with Gasteiger partial charge in [-0.3, -0.25) is 9.48 Å². The number of amides is 1. The van der Waals surface area contributed by atoms with E-state index in [4.69, 9.17) is 4.74 Å². The minimum atomic E-state index is 0.104. The van der Waals surface area contributed by atoms with Crippen LogP contribution in [0.2, 0.25) is 0 Å². The molecule has 27 heavy (non-hydrogen) atoms. The summed E-state index contributed by atoms with van der Waals surface area (Å²) in [5.41, 5.74) is 4.44. The summed E-state index contributed by atoms with van der Waals surface area (Å²) in [7, 11) is 0. The monoisotopic (exact) mass is 365 g/mol. The maximum Gasteiger partial charge on any atom is 0.224 e. The molecule has 0 bridgehead atoms. The number of aromatic nitrogens is 2. The average molecular weight is 365 g/mol. The van der Waals surface area contributed by atoms with E-state index in [-0.39, 0.29) is 11.9 Å². The molecule has 1 aliphatic heterocycles. The van der Waals surface area contributed by atoms with Crippen LogP contribution in [0.15, 0.2) is 24.5 Å². The molecule has 2 aromatic rings. The third-order valence-electron chi connectivity index (χ3n) is 6.26. The summed E-state index contributed by atoms with van der Waals surface area (Å²) in [5.74, 6) is 1.08. The fourth-order valence-corrected chi connectivity index (χ4v) is 4.32. The highest BCUT2D eigenvalue weighted by Crippen LogP contribution is 2.45. The van der Waals surface area contributed by atoms with E-state index in [0.29, 0.717) is 12.1 Å². The number of fused-ring (bicyclic) bond motifs is 1. The Balaban J connectivity index is 1.60. The van der Waals surface area contributed by atoms with Crippen molar-refractivity contribution < 1.29 is 9.53 Å². The molecule has 0 unspecified atom stereocenters. The van der Waals surface area contributed by atoms with E-state index in [1.54, 1.807) is 6.92 Å². The Morgan fingerprint density at radius 1 is 1.19 bits per heavy atom. The van der Waals surface area contributed by atoms with Gasteiger partial charge in [-0.25, -0.2) is 0 Å². The minimum Gasteiger partial charge on any atom is -0.489 e. The van der Waals surface area contributed by atoms with E-state index >= 15 is 0 Å². The first-order chi connectivity index (χ1) is 13.1. The number of nitrogens with zero attached hydrogens (tertiary/aromatic N) is 3. The molecule has 5 rings (SSSR count). The van der Waals surface area contributed by atoms with Crippen molar-refractivity contribution in [3.8, 4) is 16.9 Å². The van der Waals surface area contributed by atoms with Crippen molar-refractivity contribution in [1.82, 2.24) is 9.78 Å². The van der Waals surface area contributed by atoms with E-state index in [1.807, 2.05) is 11.1 Å². The molecule has 2 aliphatic carbocycles. The highest BCUT2D eigenvalue weighted by atomic mass is 16.5. The lowest BCUT2D eigenvalue weighted by molar-refractivity contribution is -0.117. The Morgan fingerprint density at radius 2 is 2.00 bits per heavy atom. The first-order valence-corrected chi connectivity index (χ1v) is 10.3. The maximum atomic E-state index is 12.3. The standard InChI is InChI=1S/C22H27N3O2/c1-14-6-9-20-21(25(14)15(2)26)11-10-19(22(20)27-18-4-3-5-18)16-12-23-24(13-16)17-7-8-17/h10-14,17-18H,3-9H2,1-2H3/t14-/m0/s1. The Bertz CT molecular complexity index is 880. The van der Waals surface area contributed by atoms with Crippen LogP contribution in [0.5, 0.6) is 5.75 Å². The number of rotatable bonds is 4. The normalized spacial score (nSPS) is 22.3. The Labute approximate surface area is 160 Å². The number of carbonyl (C=O) groups is 1. The molecular formula is C22H27N3O2. The fraction of sp³-hybridized carbons (Fsp3) is 0.545. The summed E-state index contributed by atoms with van der Waals surface area (Å²) < 4.78 is 8.60. The lowest BCUT2D eigenvalue weighted by atomic mass is 9.91. The van der Waals surface area contributed by atoms with Crippen LogP contribution in [0.4, 0.5) is 5.69 Å². The second-order valence-electron chi connectivity index (χ2n) is 8.33. The zero-order chi connectivity index (χ0) is 18.5. The van der Waals surface area contributed by atoms with Gasteiger partial charge in [0.05, 0.1) is 24.0 Å². The fourth-order valence-electron chi connectivity index (χ4n) is 4.32. The first-order valence-electron chi connectivity index (χ1n) is 10.3. The highest BCUT2D eigenvalue weighted by molar-refractivity contribution is 5.95. The average Bonchev–Trinajstić information content (AvgIpc) is 3.34. The Morgan fingerprint density at radius 3 is 2.67 bits per heavy atom. The van der Waals surface area contributed by atoms with Crippen LogP contribution in [0.3, 0.4) is 0 Å². The molecule has 5 heteroatoms. The summed E-state index contributed by atoms with van der Waals surface area (Å²) in [5, 5.41) is 4.57. The molecule has 1 amide bonds. The Kier molecular flexibility index (Phi) is 3.99. The largest absolute Gasteiger partial charge is 0.489 e. The molecule has 0 N–H and O–H groups in total. The predicted molar refractivity (Wildman–Crippen MR) is 105 cm³/mol. The molecule has 1 atom stereocenters. The molecular weight excluding hydrogens is 338 g/mol. The van der Waals surface area contributed by atoms with Gasteiger partial charge >= 0.3 is 0 Å². The van der Waals surface area contributed by atoms with Crippen molar-refractivity contribution in [3.63, 3.8) is 0 Å². The van der Waals surface area contributed by atoms with Gasteiger partial charge in [-0.2, -0.15) is 5.10 Å². The molecule has 142 valence electrons. The molecule has 3 aliphatic rings. The number of benzene rings is 1. The van der Waals surface area contributed by atoms with Crippen LogP contribution in [0.25, 0.3) is 11.1 Å². The van der Waals surface area contributed by atoms with E-state index in [2.05, 4.69) is 35.0 Å². The lowest BCUT2D eigenvalue weighted by Crippen LogP contribution is -2.41. The second kappa shape index (κ2) is 6.39. The van der Waals surface area contributed by atoms with Crippen LogP contribution in [0.1, 0.15) is 64.0 Å². The molecule has 2 heterocycles. The van der Waals surface area contributed by atoms with Crippen molar-refractivity contribution in [2.45, 2.75) is 77.0 Å². The van der Waals surface area contributed by atoms with Gasteiger partial charge in [-0.15, -0.1) is 0 Å². The quantitative estimate of drug-likeness (QED) is 0.801. The summed E-state index contributed by atoms with van der Waals surface area (Å²) in [6.07, 6.45) is 12.3. The summed E-state index contributed by atoms with van der Waals surface area (Å²) in [6, 6.07) is 5.02. The van der Waals surface area contributed by atoms with Gasteiger partial charge in [0.25, 0.3) is 0 Å². The van der Waals surface area contributed by atoms with Crippen LogP contribution in [-0.4, -0.2) is 27.8 Å². The highest BCUT2D eigenvalue weighted by Gasteiger charge is 2.32. The third-order valence-corrected chi connectivity index (χ3v) is 6.26. The summed E-state index contributed by atoms with van der Waals surface area (Å²) >= 11 is 0. The van der Waals surface area contributed by atoms with E-state index in [1.165, 1.54) is 24.8 Å². The molecule has 1 aromatic heterocycles. The minimum absolute atomic E-state index is 0.104. The second-order valence-corrected chi connectivity index (χ2v) is 8.33. The van der Waals surface area contributed by atoms with E-state index in [0.717, 1.165) is 48.2 Å². The number of hydrogen-bond acceptors (Lipinski definition) is 3. The number of carbonyl (C=O) groups excluding carboxylic acids is 1. The summed E-state index contributed by atoms with van der Waals surface area (Å²) in [4.78, 5) is 14.2. The van der Waals surface area contributed by atoms with Crippen LogP contribution in [-0.2, 0) is 11.2 Å². The van der Waals surface area contributed by atoms with Crippen molar-refractivity contribution >= 4 is 11.6 Å². The molecule has 2 fully saturated rings. The summed E-state index contributed by atoms with van der Waals surface area (Å²) in [6.45, 7) is 3.79. The maximum absolute atomic E-state index is 12.3. The van der Waals surface area contributed by atoms with Gasteiger partial charge in [0.2, 0.25) is 5.91 Å². The van der Waals surface area contributed by atoms with Gasteiger partial charge in [-0.05, 0) is 64.0 Å². The molecule has 0 saturated heterocycles. The SMILES string of the molecule is CC(=O)N1c2ccc(-c3cnn(C4CC4)c3)c(OC3CCC3)c2CC[C@@H]1C. The van der Waals surface area contributed by atoms with Gasteiger partial charge < -0.3 is 9.64 Å². The van der Waals surface area contributed by atoms with Crippen LogP contribution >= 0.6 is 0 Å². The van der Waals surface area contributed by atoms with Crippen molar-refractivity contribution in [2.24, 2.45) is 0 Å². The zero-order valence-corrected chi connectivity index (χ0v) is 16.1. The molecule has 5 nitrogen and oxygen atoms in total. The molecule has 1 aromatic carbocycles. The lowest BCUT2D eigenvalue weighted by Gasteiger charge is -2.37. The smallest absolute Gasteiger partial charge is 0.224 e. The first kappa shape index (κ1) is 16.8. The third kappa shape index (κ3) is 2.93. The van der Waals surface area contributed by atoms with E-state index in [9.17, 15) is 4.79 Å². The van der Waals surface area contributed by atoms with Crippen LogP contribution < -0.4 is 9.64 Å². The van der Waals surface area contributed by atoms with Crippen molar-refractivity contribution in [1.29, 1.82) is 0 Å². The molecule has 0 radical (unpaired) electrons.